The summed E-state index contributed by atoms with van der Waals surface area (Å²) >= 11 is 0. The molecule has 5 nitrogen and oxygen atoms in total. The van der Waals surface area contributed by atoms with E-state index in [0.29, 0.717) is 18.4 Å². The number of aryl methyl sites for hydroxylation is 1. The molecule has 0 aliphatic carbocycles. The number of carboxylic acids is 2. The van der Waals surface area contributed by atoms with Gasteiger partial charge in [-0.2, -0.15) is 0 Å². The van der Waals surface area contributed by atoms with E-state index in [0.717, 1.165) is 25.7 Å². The molecule has 0 fully saturated rings. The van der Waals surface area contributed by atoms with Crippen LogP contribution in [0.5, 0.6) is 0 Å². The zero-order chi connectivity index (χ0) is 17.6. The fraction of sp³-hybridized carbons (Fsp3) is 0.556. The zero-order valence-electron chi connectivity index (χ0n) is 14.2. The number of benzene rings is 1. The predicted octanol–water partition coefficient (Wildman–Crippen LogP) is 3.93. The lowest BCUT2D eigenvalue weighted by atomic mass is 9.76. The summed E-state index contributed by atoms with van der Waals surface area (Å²) in [4.78, 5) is 23.4. The van der Waals surface area contributed by atoms with Gasteiger partial charge in [0.25, 0.3) is 0 Å². The van der Waals surface area contributed by atoms with Gasteiger partial charge in [-0.1, -0.05) is 45.6 Å². The molecule has 0 atom stereocenters. The maximum absolute atomic E-state index is 11.8. The molecule has 0 heterocycles. The summed E-state index contributed by atoms with van der Waals surface area (Å²) in [5, 5.41) is 19.1. The van der Waals surface area contributed by atoms with Gasteiger partial charge in [0.15, 0.2) is 0 Å². The van der Waals surface area contributed by atoms with Crippen molar-refractivity contribution in [1.82, 2.24) is 0 Å². The summed E-state index contributed by atoms with van der Waals surface area (Å²) < 4.78 is 0. The first-order valence-electron chi connectivity index (χ1n) is 8.18. The molecule has 0 bridgehead atoms. The Labute approximate surface area is 137 Å². The van der Waals surface area contributed by atoms with Crippen LogP contribution in [0, 0.1) is 6.92 Å². The smallest absolute Gasteiger partial charge is 0.336 e. The molecule has 1 rings (SSSR count). The lowest BCUT2D eigenvalue weighted by Crippen LogP contribution is -2.40. The van der Waals surface area contributed by atoms with Gasteiger partial charge >= 0.3 is 11.9 Å². The van der Waals surface area contributed by atoms with Gasteiger partial charge in [-0.25, -0.2) is 9.59 Å². The third kappa shape index (κ3) is 4.32. The molecular weight excluding hydrogens is 294 g/mol. The molecule has 0 unspecified atom stereocenters. The molecular formula is C18H27NO4. The molecule has 0 aliphatic rings. The van der Waals surface area contributed by atoms with Gasteiger partial charge in [0.05, 0.1) is 11.1 Å². The minimum atomic E-state index is -1.13. The number of carbonyl (C=O) groups is 2. The van der Waals surface area contributed by atoms with Crippen molar-refractivity contribution in [1.29, 1.82) is 0 Å². The van der Waals surface area contributed by atoms with E-state index in [1.807, 2.05) is 13.8 Å². The molecule has 0 saturated carbocycles. The monoisotopic (exact) mass is 321 g/mol. The van der Waals surface area contributed by atoms with Crippen molar-refractivity contribution < 1.29 is 19.8 Å². The van der Waals surface area contributed by atoms with E-state index in [1.54, 1.807) is 6.92 Å². The average Bonchev–Trinajstić information content (AvgIpc) is 2.49. The molecule has 0 aromatic heterocycles. The first-order chi connectivity index (χ1) is 10.8. The van der Waals surface area contributed by atoms with E-state index in [-0.39, 0.29) is 16.7 Å². The summed E-state index contributed by atoms with van der Waals surface area (Å²) in [5.41, 5.74) is 6.54. The summed E-state index contributed by atoms with van der Waals surface area (Å²) in [6.45, 7) is 5.75. The van der Waals surface area contributed by atoms with Gasteiger partial charge in [-0.15, -0.1) is 0 Å². The van der Waals surface area contributed by atoms with Crippen LogP contribution in [0.1, 0.15) is 84.2 Å². The molecule has 128 valence electrons. The van der Waals surface area contributed by atoms with Crippen LogP contribution in [0.3, 0.4) is 0 Å². The van der Waals surface area contributed by atoms with E-state index >= 15 is 0 Å². The Hall–Kier alpha value is -1.88. The van der Waals surface area contributed by atoms with Crippen molar-refractivity contribution >= 4 is 11.9 Å². The Morgan fingerprint density at radius 1 is 1.04 bits per heavy atom. The SMILES string of the molecule is CCCCC(N)(CCCC)c1c(C(=O)O)ccc(C)c1C(=O)O. The van der Waals surface area contributed by atoms with E-state index in [9.17, 15) is 19.8 Å². The topological polar surface area (TPSA) is 101 Å². The number of carboxylic acid groups (broad SMARTS) is 2. The van der Waals surface area contributed by atoms with Crippen molar-refractivity contribution in [2.45, 2.75) is 64.8 Å². The zero-order valence-corrected chi connectivity index (χ0v) is 14.2. The van der Waals surface area contributed by atoms with Gasteiger partial charge in [0.2, 0.25) is 0 Å². The standard InChI is InChI=1S/C18H27NO4/c1-4-6-10-18(19,11-7-5-2)15-13(16(20)21)9-8-12(3)14(15)17(22)23/h8-9H,4-7,10-11,19H2,1-3H3,(H,20,21)(H,22,23). The minimum Gasteiger partial charge on any atom is -0.478 e. The summed E-state index contributed by atoms with van der Waals surface area (Å²) in [7, 11) is 0. The average molecular weight is 321 g/mol. The molecule has 1 aromatic rings. The van der Waals surface area contributed by atoms with E-state index < -0.39 is 17.5 Å². The van der Waals surface area contributed by atoms with Gasteiger partial charge in [-0.3, -0.25) is 0 Å². The van der Waals surface area contributed by atoms with Crippen LogP contribution in [0.4, 0.5) is 0 Å². The first-order valence-corrected chi connectivity index (χ1v) is 8.18. The highest BCUT2D eigenvalue weighted by Gasteiger charge is 2.35. The third-order valence-corrected chi connectivity index (χ3v) is 4.31. The molecule has 4 N–H and O–H groups in total. The number of unbranched alkanes of at least 4 members (excludes halogenated alkanes) is 2. The van der Waals surface area contributed by atoms with Gasteiger partial charge in [0, 0.05) is 11.1 Å². The summed E-state index contributed by atoms with van der Waals surface area (Å²) in [6.07, 6.45) is 4.64. The fourth-order valence-corrected chi connectivity index (χ4v) is 3.04. The van der Waals surface area contributed by atoms with Gasteiger partial charge < -0.3 is 15.9 Å². The fourth-order valence-electron chi connectivity index (χ4n) is 3.04. The molecule has 0 radical (unpaired) electrons. The number of rotatable bonds is 9. The number of aromatic carboxylic acids is 2. The molecule has 0 saturated heterocycles. The van der Waals surface area contributed by atoms with Gasteiger partial charge in [0.1, 0.15) is 0 Å². The van der Waals surface area contributed by atoms with Crippen molar-refractivity contribution in [3.05, 3.63) is 34.4 Å². The van der Waals surface area contributed by atoms with Crippen LogP contribution in [-0.2, 0) is 5.54 Å². The van der Waals surface area contributed by atoms with Crippen molar-refractivity contribution in [3.8, 4) is 0 Å². The van der Waals surface area contributed by atoms with Crippen LogP contribution < -0.4 is 5.73 Å². The van der Waals surface area contributed by atoms with Crippen molar-refractivity contribution in [2.24, 2.45) is 5.73 Å². The normalized spacial score (nSPS) is 11.5. The van der Waals surface area contributed by atoms with E-state index in [1.165, 1.54) is 12.1 Å². The molecule has 0 amide bonds. The Balaban J connectivity index is 3.62. The second-order valence-electron chi connectivity index (χ2n) is 6.15. The van der Waals surface area contributed by atoms with Crippen molar-refractivity contribution in [2.75, 3.05) is 0 Å². The maximum Gasteiger partial charge on any atom is 0.336 e. The quantitative estimate of drug-likeness (QED) is 0.640. The second kappa shape index (κ2) is 8.11. The highest BCUT2D eigenvalue weighted by molar-refractivity contribution is 5.98. The predicted molar refractivity (Wildman–Crippen MR) is 90.0 cm³/mol. The lowest BCUT2D eigenvalue weighted by molar-refractivity contribution is 0.0689. The Morgan fingerprint density at radius 3 is 1.96 bits per heavy atom. The molecule has 23 heavy (non-hydrogen) atoms. The molecule has 1 aromatic carbocycles. The second-order valence-corrected chi connectivity index (χ2v) is 6.15. The van der Waals surface area contributed by atoms with Crippen LogP contribution in [-0.4, -0.2) is 22.2 Å². The number of hydrogen-bond acceptors (Lipinski definition) is 3. The number of hydrogen-bond donors (Lipinski definition) is 3. The summed E-state index contributed by atoms with van der Waals surface area (Å²) in [6, 6.07) is 3.01. The molecule has 0 aliphatic heterocycles. The highest BCUT2D eigenvalue weighted by Crippen LogP contribution is 2.36. The van der Waals surface area contributed by atoms with E-state index in [2.05, 4.69) is 0 Å². The Kier molecular flexibility index (Phi) is 6.76. The van der Waals surface area contributed by atoms with Gasteiger partial charge in [-0.05, 0) is 31.4 Å². The van der Waals surface area contributed by atoms with Crippen LogP contribution in [0.25, 0.3) is 0 Å². The molecule has 0 spiro atoms. The first kappa shape index (κ1) is 19.2. The minimum absolute atomic E-state index is 0.00251. The van der Waals surface area contributed by atoms with Crippen LogP contribution in [0.15, 0.2) is 12.1 Å². The highest BCUT2D eigenvalue weighted by atomic mass is 16.4. The Bertz CT molecular complexity index is 573. The van der Waals surface area contributed by atoms with E-state index in [4.69, 9.17) is 5.73 Å². The summed E-state index contributed by atoms with van der Waals surface area (Å²) in [5.74, 6) is -2.26. The van der Waals surface area contributed by atoms with Crippen LogP contribution >= 0.6 is 0 Å². The third-order valence-electron chi connectivity index (χ3n) is 4.31. The maximum atomic E-state index is 11.8. The van der Waals surface area contributed by atoms with Crippen molar-refractivity contribution in [3.63, 3.8) is 0 Å². The van der Waals surface area contributed by atoms with Crippen LogP contribution in [0.2, 0.25) is 0 Å². The number of nitrogens with two attached hydrogens (primary N) is 1. The molecule has 5 heteroatoms. The lowest BCUT2D eigenvalue weighted by Gasteiger charge is -2.33. The Morgan fingerprint density at radius 2 is 1.57 bits per heavy atom. The largest absolute Gasteiger partial charge is 0.478 e.